The van der Waals surface area contributed by atoms with Gasteiger partial charge < -0.3 is 14.7 Å². The van der Waals surface area contributed by atoms with Crippen LogP contribution in [0, 0.1) is 0 Å². The van der Waals surface area contributed by atoms with E-state index in [2.05, 4.69) is 0 Å². The van der Waals surface area contributed by atoms with E-state index in [0.29, 0.717) is 23.8 Å². The number of carbonyl (C=O) groups excluding carboxylic acids is 1. The SMILES string of the molecule is O=C(C[C@@]1(O)CCCC[C@H]1c1ccc(OCc2ccccc2)c(Cl)c1)N1CCCC1. The van der Waals surface area contributed by atoms with E-state index in [1.807, 2.05) is 53.4 Å². The monoisotopic (exact) mass is 427 g/mol. The van der Waals surface area contributed by atoms with Gasteiger partial charge in [0.2, 0.25) is 5.91 Å². The van der Waals surface area contributed by atoms with Crippen LogP contribution in [-0.2, 0) is 11.4 Å². The fourth-order valence-corrected chi connectivity index (χ4v) is 5.08. The van der Waals surface area contributed by atoms with Crippen molar-refractivity contribution in [3.8, 4) is 5.75 Å². The summed E-state index contributed by atoms with van der Waals surface area (Å²) >= 11 is 6.54. The predicted octanol–water partition coefficient (Wildman–Crippen LogP) is 5.32. The maximum atomic E-state index is 12.8. The van der Waals surface area contributed by atoms with Crippen molar-refractivity contribution < 1.29 is 14.6 Å². The maximum Gasteiger partial charge on any atom is 0.225 e. The van der Waals surface area contributed by atoms with Crippen LogP contribution in [0.5, 0.6) is 5.75 Å². The first-order valence-corrected chi connectivity index (χ1v) is 11.4. The van der Waals surface area contributed by atoms with Gasteiger partial charge in [0, 0.05) is 19.0 Å². The summed E-state index contributed by atoms with van der Waals surface area (Å²) < 4.78 is 5.89. The molecule has 1 heterocycles. The highest BCUT2D eigenvalue weighted by atomic mass is 35.5. The van der Waals surface area contributed by atoms with E-state index in [1.165, 1.54) is 0 Å². The van der Waals surface area contributed by atoms with E-state index in [-0.39, 0.29) is 18.2 Å². The van der Waals surface area contributed by atoms with Crippen molar-refractivity contribution in [2.75, 3.05) is 13.1 Å². The van der Waals surface area contributed by atoms with Gasteiger partial charge in [0.15, 0.2) is 0 Å². The Morgan fingerprint density at radius 2 is 1.87 bits per heavy atom. The molecule has 1 saturated heterocycles. The zero-order valence-electron chi connectivity index (χ0n) is 17.4. The van der Waals surface area contributed by atoms with Crippen LogP contribution in [0.25, 0.3) is 0 Å². The summed E-state index contributed by atoms with van der Waals surface area (Å²) in [5.74, 6) is 0.631. The number of ether oxygens (including phenoxy) is 1. The predicted molar refractivity (Wildman–Crippen MR) is 119 cm³/mol. The lowest BCUT2D eigenvalue weighted by molar-refractivity contribution is -0.137. The maximum absolute atomic E-state index is 12.8. The van der Waals surface area contributed by atoms with E-state index in [9.17, 15) is 9.90 Å². The first-order chi connectivity index (χ1) is 14.5. The van der Waals surface area contributed by atoms with Gasteiger partial charge in [-0.3, -0.25) is 4.79 Å². The van der Waals surface area contributed by atoms with E-state index in [4.69, 9.17) is 16.3 Å². The van der Waals surface area contributed by atoms with Gasteiger partial charge in [0.05, 0.1) is 17.0 Å². The molecule has 160 valence electrons. The smallest absolute Gasteiger partial charge is 0.225 e. The number of amides is 1. The quantitative estimate of drug-likeness (QED) is 0.678. The van der Waals surface area contributed by atoms with Gasteiger partial charge in [-0.25, -0.2) is 0 Å². The number of nitrogens with zero attached hydrogens (tertiary/aromatic N) is 1. The topological polar surface area (TPSA) is 49.8 Å². The summed E-state index contributed by atoms with van der Waals surface area (Å²) in [7, 11) is 0. The minimum absolute atomic E-state index is 0.0795. The fourth-order valence-electron chi connectivity index (χ4n) is 4.84. The third-order valence-electron chi connectivity index (χ3n) is 6.51. The summed E-state index contributed by atoms with van der Waals surface area (Å²) in [6.45, 7) is 2.09. The van der Waals surface area contributed by atoms with E-state index in [0.717, 1.165) is 56.3 Å². The molecule has 30 heavy (non-hydrogen) atoms. The molecule has 2 aliphatic rings. The number of likely N-dealkylation sites (tertiary alicyclic amines) is 1. The average Bonchev–Trinajstić information content (AvgIpc) is 3.29. The van der Waals surface area contributed by atoms with Gasteiger partial charge in [-0.15, -0.1) is 0 Å². The van der Waals surface area contributed by atoms with Crippen molar-refractivity contribution in [1.29, 1.82) is 0 Å². The van der Waals surface area contributed by atoms with E-state index in [1.54, 1.807) is 0 Å². The van der Waals surface area contributed by atoms with Crippen LogP contribution in [-0.4, -0.2) is 34.6 Å². The van der Waals surface area contributed by atoms with E-state index >= 15 is 0 Å². The van der Waals surface area contributed by atoms with Crippen molar-refractivity contribution in [3.63, 3.8) is 0 Å². The molecule has 0 spiro atoms. The highest BCUT2D eigenvalue weighted by molar-refractivity contribution is 6.32. The van der Waals surface area contributed by atoms with E-state index < -0.39 is 5.60 Å². The van der Waals surface area contributed by atoms with Gasteiger partial charge in [-0.05, 0) is 48.9 Å². The molecular formula is C25H30ClNO3. The first-order valence-electron chi connectivity index (χ1n) is 11.0. The highest BCUT2D eigenvalue weighted by Crippen LogP contribution is 2.44. The lowest BCUT2D eigenvalue weighted by Crippen LogP contribution is -2.44. The number of hydrogen-bond donors (Lipinski definition) is 1. The molecule has 4 nitrogen and oxygen atoms in total. The summed E-state index contributed by atoms with van der Waals surface area (Å²) in [5, 5.41) is 12.0. The van der Waals surface area contributed by atoms with Crippen LogP contribution in [0.4, 0.5) is 0 Å². The number of benzene rings is 2. The average molecular weight is 428 g/mol. The Labute approximate surface area is 183 Å². The number of halogens is 1. The van der Waals surface area contributed by atoms with Gasteiger partial charge in [-0.1, -0.05) is 60.8 Å². The zero-order valence-corrected chi connectivity index (χ0v) is 18.1. The fraction of sp³-hybridized carbons (Fsp3) is 0.480. The van der Waals surface area contributed by atoms with Crippen LogP contribution < -0.4 is 4.74 Å². The molecule has 2 aromatic rings. The van der Waals surface area contributed by atoms with Crippen molar-refractivity contribution in [2.45, 2.75) is 63.1 Å². The molecule has 1 amide bonds. The Morgan fingerprint density at radius 3 is 2.60 bits per heavy atom. The molecule has 1 aliphatic carbocycles. The molecule has 2 aromatic carbocycles. The molecule has 1 N–H and O–H groups in total. The zero-order chi connectivity index (χ0) is 21.0. The number of rotatable bonds is 6. The molecule has 0 radical (unpaired) electrons. The summed E-state index contributed by atoms with van der Waals surface area (Å²) in [4.78, 5) is 14.7. The third kappa shape index (κ3) is 4.81. The molecule has 0 aromatic heterocycles. The number of carbonyl (C=O) groups is 1. The second kappa shape index (κ2) is 9.40. The second-order valence-corrected chi connectivity index (χ2v) is 9.04. The van der Waals surface area contributed by atoms with Crippen LogP contribution >= 0.6 is 11.6 Å². The molecule has 2 atom stereocenters. The first kappa shape index (κ1) is 21.2. The Hall–Kier alpha value is -2.04. The minimum atomic E-state index is -1.01. The van der Waals surface area contributed by atoms with Crippen molar-refractivity contribution in [2.24, 2.45) is 0 Å². The van der Waals surface area contributed by atoms with Crippen LogP contribution in [0.15, 0.2) is 48.5 Å². The lowest BCUT2D eigenvalue weighted by Gasteiger charge is -2.41. The van der Waals surface area contributed by atoms with Gasteiger partial charge in [0.25, 0.3) is 0 Å². The highest BCUT2D eigenvalue weighted by Gasteiger charge is 2.42. The second-order valence-electron chi connectivity index (χ2n) is 8.63. The summed E-state index contributed by atoms with van der Waals surface area (Å²) in [6, 6.07) is 15.8. The molecular weight excluding hydrogens is 398 g/mol. The molecule has 5 heteroatoms. The van der Waals surface area contributed by atoms with Crippen LogP contribution in [0.1, 0.15) is 62.0 Å². The third-order valence-corrected chi connectivity index (χ3v) is 6.81. The lowest BCUT2D eigenvalue weighted by atomic mass is 9.70. The Kier molecular flexibility index (Phi) is 6.64. The standard InChI is InChI=1S/C25H30ClNO3/c26-22-16-20(11-12-23(22)30-18-19-8-2-1-3-9-19)21-10-4-5-13-25(21,29)17-24(28)27-14-6-7-15-27/h1-3,8-9,11-12,16,21,29H,4-7,10,13-15,17-18H2/t21-,25-/m0/s1. The van der Waals surface area contributed by atoms with Gasteiger partial charge in [0.1, 0.15) is 12.4 Å². The summed E-state index contributed by atoms with van der Waals surface area (Å²) in [6.07, 6.45) is 5.84. The molecule has 0 unspecified atom stereocenters. The Morgan fingerprint density at radius 1 is 1.10 bits per heavy atom. The molecule has 4 rings (SSSR count). The van der Waals surface area contributed by atoms with Gasteiger partial charge in [-0.2, -0.15) is 0 Å². The minimum Gasteiger partial charge on any atom is -0.487 e. The van der Waals surface area contributed by atoms with Crippen molar-refractivity contribution >= 4 is 17.5 Å². The summed E-state index contributed by atoms with van der Waals surface area (Å²) in [5.41, 5.74) is 1.07. The molecule has 1 saturated carbocycles. The van der Waals surface area contributed by atoms with Crippen LogP contribution in [0.3, 0.4) is 0 Å². The number of aliphatic hydroxyl groups is 1. The van der Waals surface area contributed by atoms with Crippen molar-refractivity contribution in [3.05, 3.63) is 64.7 Å². The van der Waals surface area contributed by atoms with Crippen molar-refractivity contribution in [1.82, 2.24) is 4.90 Å². The molecule has 2 fully saturated rings. The molecule has 1 aliphatic heterocycles. The largest absolute Gasteiger partial charge is 0.487 e. The van der Waals surface area contributed by atoms with Gasteiger partial charge >= 0.3 is 0 Å². The van der Waals surface area contributed by atoms with Crippen LogP contribution in [0.2, 0.25) is 5.02 Å². The Balaban J connectivity index is 1.47. The molecule has 0 bridgehead atoms. The Bertz CT molecular complexity index is 866. The normalized spacial score (nSPS) is 24.1. The number of hydrogen-bond acceptors (Lipinski definition) is 3.